The summed E-state index contributed by atoms with van der Waals surface area (Å²) < 4.78 is 50.1. The summed E-state index contributed by atoms with van der Waals surface area (Å²) in [5.41, 5.74) is 0.963. The molecule has 216 valence electrons. The number of hydrogen-bond donors (Lipinski definition) is 0. The highest BCUT2D eigenvalue weighted by Crippen LogP contribution is 2.35. The van der Waals surface area contributed by atoms with Crippen LogP contribution in [0.4, 0.5) is 19.0 Å². The van der Waals surface area contributed by atoms with Crippen molar-refractivity contribution in [2.24, 2.45) is 0 Å². The van der Waals surface area contributed by atoms with Crippen LogP contribution in [-0.2, 0) is 28.8 Å². The van der Waals surface area contributed by atoms with E-state index >= 15 is 0 Å². The first-order chi connectivity index (χ1) is 19.5. The molecule has 0 saturated carbocycles. The minimum atomic E-state index is -4.45. The summed E-state index contributed by atoms with van der Waals surface area (Å²) in [5.74, 6) is 1.00. The Kier molecular flexibility index (Phi) is 9.75. The number of aromatic nitrogens is 2. The number of nitrogens with zero attached hydrogens (tertiary/aromatic N) is 3. The Balaban J connectivity index is 1.54. The summed E-state index contributed by atoms with van der Waals surface area (Å²) in [6.07, 6.45) is 0.278. The highest BCUT2D eigenvalue weighted by molar-refractivity contribution is 8.01. The van der Waals surface area contributed by atoms with Gasteiger partial charge in [-0.2, -0.15) is 13.2 Å². The van der Waals surface area contributed by atoms with E-state index in [1.165, 1.54) is 24.2 Å². The summed E-state index contributed by atoms with van der Waals surface area (Å²) in [4.78, 5) is 24.1. The van der Waals surface area contributed by atoms with E-state index in [9.17, 15) is 18.0 Å². The van der Waals surface area contributed by atoms with Gasteiger partial charge in [-0.25, -0.2) is 9.97 Å². The van der Waals surface area contributed by atoms with Gasteiger partial charge in [0.15, 0.2) is 0 Å². The minimum absolute atomic E-state index is 0.245. The van der Waals surface area contributed by atoms with E-state index in [1.54, 1.807) is 24.5 Å². The maximum Gasteiger partial charge on any atom is 0.416 e. The monoisotopic (exact) mass is 583 g/mol. The Bertz CT molecular complexity index is 1420. The third kappa shape index (κ3) is 8.36. The number of alkyl halides is 3. The van der Waals surface area contributed by atoms with E-state index in [-0.39, 0.29) is 5.97 Å². The van der Waals surface area contributed by atoms with Gasteiger partial charge in [0, 0.05) is 23.1 Å². The molecular formula is C31H32F3N3O3S. The molecule has 0 fully saturated rings. The Morgan fingerprint density at radius 3 is 2.46 bits per heavy atom. The van der Waals surface area contributed by atoms with Crippen molar-refractivity contribution >= 4 is 23.5 Å². The lowest BCUT2D eigenvalue weighted by Gasteiger charge is -2.24. The molecule has 0 radical (unpaired) electrons. The van der Waals surface area contributed by atoms with Crippen LogP contribution < -0.4 is 4.90 Å². The smallest absolute Gasteiger partial charge is 0.416 e. The predicted molar refractivity (Wildman–Crippen MR) is 153 cm³/mol. The van der Waals surface area contributed by atoms with E-state index in [0.717, 1.165) is 35.4 Å². The summed E-state index contributed by atoms with van der Waals surface area (Å²) in [6, 6.07) is 18.3. The van der Waals surface area contributed by atoms with Gasteiger partial charge in [-0.1, -0.05) is 37.6 Å². The lowest BCUT2D eigenvalue weighted by Crippen LogP contribution is -2.30. The molecule has 0 N–H and O–H groups in total. The van der Waals surface area contributed by atoms with Gasteiger partial charge in [-0.05, 0) is 62.2 Å². The molecule has 4 aromatic rings. The number of anilines is 1. The fourth-order valence-electron chi connectivity index (χ4n) is 4.04. The van der Waals surface area contributed by atoms with Crippen LogP contribution in [0.1, 0.15) is 50.5 Å². The highest BCUT2D eigenvalue weighted by Gasteiger charge is 2.31. The molecule has 2 aromatic heterocycles. The molecule has 0 atom stereocenters. The van der Waals surface area contributed by atoms with E-state index in [1.807, 2.05) is 56.0 Å². The zero-order chi connectivity index (χ0) is 29.5. The number of rotatable bonds is 12. The predicted octanol–water partition coefficient (Wildman–Crippen LogP) is 8.18. The van der Waals surface area contributed by atoms with Gasteiger partial charge in [0.25, 0.3) is 0 Å². The van der Waals surface area contributed by atoms with Gasteiger partial charge in [-0.3, -0.25) is 4.79 Å². The number of benzene rings is 2. The number of furan rings is 1. The number of hydrogen-bond acceptors (Lipinski definition) is 7. The zero-order valence-electron chi connectivity index (χ0n) is 23.1. The van der Waals surface area contributed by atoms with Crippen LogP contribution in [0.2, 0.25) is 0 Å². The largest absolute Gasteiger partial charge is 0.467 e. The number of halogens is 3. The molecule has 0 aliphatic carbocycles. The molecule has 41 heavy (non-hydrogen) atoms. The topological polar surface area (TPSA) is 68.5 Å². The summed E-state index contributed by atoms with van der Waals surface area (Å²) in [5, 5.41) is 0. The first-order valence-corrected chi connectivity index (χ1v) is 14.1. The third-order valence-electron chi connectivity index (χ3n) is 6.28. The molecule has 2 heterocycles. The molecular weight excluding hydrogens is 551 g/mol. The molecule has 4 rings (SSSR count). The van der Waals surface area contributed by atoms with E-state index in [2.05, 4.69) is 9.97 Å². The second-order valence-corrected chi connectivity index (χ2v) is 11.7. The Hall–Kier alpha value is -3.79. The van der Waals surface area contributed by atoms with Gasteiger partial charge >= 0.3 is 12.1 Å². The van der Waals surface area contributed by atoms with E-state index in [0.29, 0.717) is 42.5 Å². The second-order valence-electron chi connectivity index (χ2n) is 10.0. The van der Waals surface area contributed by atoms with Gasteiger partial charge < -0.3 is 14.1 Å². The molecule has 10 heteroatoms. The second kappa shape index (κ2) is 13.2. The molecule has 0 saturated heterocycles. The maximum atomic E-state index is 13.3. The first kappa shape index (κ1) is 30.2. The molecule has 0 bridgehead atoms. The van der Waals surface area contributed by atoms with Gasteiger partial charge in [0.05, 0.1) is 30.7 Å². The maximum absolute atomic E-state index is 13.3. The quantitative estimate of drug-likeness (QED) is 0.0946. The molecule has 0 amide bonds. The van der Waals surface area contributed by atoms with Crippen molar-refractivity contribution in [1.29, 1.82) is 0 Å². The third-order valence-corrected chi connectivity index (χ3v) is 7.47. The van der Waals surface area contributed by atoms with Crippen molar-refractivity contribution in [2.45, 2.75) is 62.5 Å². The zero-order valence-corrected chi connectivity index (χ0v) is 24.0. The molecule has 2 aromatic carbocycles. The molecule has 0 aliphatic rings. The van der Waals surface area contributed by atoms with Crippen LogP contribution in [0.5, 0.6) is 0 Å². The van der Waals surface area contributed by atoms with E-state index in [4.69, 9.17) is 9.15 Å². The number of unbranched alkanes of at least 4 members (excludes halogenated alkanes) is 1. The van der Waals surface area contributed by atoms with Gasteiger partial charge in [-0.15, -0.1) is 11.8 Å². The van der Waals surface area contributed by atoms with Gasteiger partial charge in [0.1, 0.15) is 22.7 Å². The Morgan fingerprint density at radius 1 is 1.00 bits per heavy atom. The van der Waals surface area contributed by atoms with Crippen LogP contribution in [0, 0.1) is 0 Å². The molecule has 6 nitrogen and oxygen atoms in total. The lowest BCUT2D eigenvalue weighted by molar-refractivity contribution is -0.145. The Labute approximate surface area is 242 Å². The van der Waals surface area contributed by atoms with Crippen molar-refractivity contribution in [1.82, 2.24) is 9.97 Å². The molecule has 0 aliphatic heterocycles. The number of esters is 1. The number of ether oxygens (including phenoxy) is 1. The minimum Gasteiger partial charge on any atom is -0.467 e. The van der Waals surface area contributed by atoms with Crippen molar-refractivity contribution in [3.05, 3.63) is 96.2 Å². The number of carbonyl (C=O) groups excluding carboxylic acids is 1. The van der Waals surface area contributed by atoms with Crippen LogP contribution in [-0.4, -0.2) is 27.3 Å². The standard InChI is InChI=1S/C31H32F3N3O3S/c1-4-5-15-40-29(38)30(2,3)41-26-13-11-22(12-14-26)19-37(20-25-10-7-16-39-25)28-18-27(35-21-36-28)23-8-6-9-24(17-23)31(32,33)34/h6-14,16-18,21H,4-5,15,19-20H2,1-3H3. The van der Waals surface area contributed by atoms with E-state index < -0.39 is 16.5 Å². The number of thioether (sulfide) groups is 1. The SMILES string of the molecule is CCCCOC(=O)C(C)(C)Sc1ccc(CN(Cc2ccco2)c2cc(-c3cccc(C(F)(F)F)c3)ncn2)cc1. The molecule has 0 unspecified atom stereocenters. The number of carbonyl (C=O) groups is 1. The van der Waals surface area contributed by atoms with Gasteiger partial charge in [0.2, 0.25) is 0 Å². The van der Waals surface area contributed by atoms with Crippen LogP contribution >= 0.6 is 11.8 Å². The lowest BCUT2D eigenvalue weighted by atomic mass is 10.1. The van der Waals surface area contributed by atoms with Crippen LogP contribution in [0.3, 0.4) is 0 Å². The van der Waals surface area contributed by atoms with Crippen LogP contribution in [0.25, 0.3) is 11.3 Å². The average molecular weight is 584 g/mol. The summed E-state index contributed by atoms with van der Waals surface area (Å²) in [7, 11) is 0. The average Bonchev–Trinajstić information content (AvgIpc) is 3.46. The van der Waals surface area contributed by atoms with Crippen molar-refractivity contribution < 1.29 is 27.1 Å². The summed E-state index contributed by atoms with van der Waals surface area (Å²) in [6.45, 7) is 7.00. The van der Waals surface area contributed by atoms with Crippen molar-refractivity contribution in [3.8, 4) is 11.3 Å². The fourth-order valence-corrected chi connectivity index (χ4v) is 5.05. The van der Waals surface area contributed by atoms with Crippen molar-refractivity contribution in [3.63, 3.8) is 0 Å². The van der Waals surface area contributed by atoms with Crippen molar-refractivity contribution in [2.75, 3.05) is 11.5 Å². The first-order valence-electron chi connectivity index (χ1n) is 13.3. The Morgan fingerprint density at radius 2 is 1.78 bits per heavy atom. The fraction of sp³-hybridized carbons (Fsp3) is 0.323. The highest BCUT2D eigenvalue weighted by atomic mass is 32.2. The molecule has 0 spiro atoms. The normalized spacial score (nSPS) is 11.9. The summed E-state index contributed by atoms with van der Waals surface area (Å²) >= 11 is 1.44. The van der Waals surface area contributed by atoms with Crippen LogP contribution in [0.15, 0.2) is 88.6 Å².